The third kappa shape index (κ3) is 3.74. The normalized spacial score (nSPS) is 21.3. The smallest absolute Gasteiger partial charge is 0.417 e. The summed E-state index contributed by atoms with van der Waals surface area (Å²) >= 11 is 5.72. The number of alkyl halides is 3. The van der Waals surface area contributed by atoms with Crippen LogP contribution in [0.3, 0.4) is 0 Å². The average Bonchev–Trinajstić information content (AvgIpc) is 3.41. The van der Waals surface area contributed by atoms with Crippen LogP contribution in [0.15, 0.2) is 36.4 Å². The van der Waals surface area contributed by atoms with Crippen LogP contribution in [-0.2, 0) is 17.4 Å². The lowest BCUT2D eigenvalue weighted by Gasteiger charge is -2.34. The van der Waals surface area contributed by atoms with Gasteiger partial charge >= 0.3 is 6.18 Å². The van der Waals surface area contributed by atoms with Crippen molar-refractivity contribution in [1.82, 2.24) is 0 Å². The zero-order chi connectivity index (χ0) is 25.0. The molecule has 2 aromatic carbocycles. The van der Waals surface area contributed by atoms with E-state index in [4.69, 9.17) is 22.2 Å². The van der Waals surface area contributed by atoms with Crippen LogP contribution >= 0.6 is 12.2 Å². The molecule has 2 aliphatic heterocycles. The zero-order valence-electron chi connectivity index (χ0n) is 18.6. The molecule has 1 saturated carbocycles. The molecule has 6 nitrogen and oxygen atoms in total. The number of aliphatic hydroxyl groups excluding tert-OH is 1. The summed E-state index contributed by atoms with van der Waals surface area (Å²) in [6.45, 7) is -0.0749. The Morgan fingerprint density at radius 1 is 1.17 bits per heavy atom. The monoisotopic (exact) mass is 501 g/mol. The van der Waals surface area contributed by atoms with Crippen molar-refractivity contribution < 1.29 is 27.8 Å². The summed E-state index contributed by atoms with van der Waals surface area (Å²) in [6.07, 6.45) is -1.02. The van der Waals surface area contributed by atoms with Gasteiger partial charge in [0.05, 0.1) is 29.5 Å². The van der Waals surface area contributed by atoms with Gasteiger partial charge in [0, 0.05) is 5.69 Å². The quantitative estimate of drug-likeness (QED) is 0.614. The van der Waals surface area contributed by atoms with Crippen LogP contribution in [0, 0.1) is 11.3 Å². The molecule has 2 aromatic rings. The highest BCUT2D eigenvalue weighted by molar-refractivity contribution is 7.81. The number of nitrogens with zero attached hydrogens (tertiary/aromatic N) is 3. The maximum Gasteiger partial charge on any atom is 0.417 e. The van der Waals surface area contributed by atoms with Gasteiger partial charge < -0.3 is 14.7 Å². The van der Waals surface area contributed by atoms with Crippen molar-refractivity contribution in [3.63, 3.8) is 0 Å². The molecule has 1 aliphatic carbocycles. The number of thiocarbonyl (C=S) groups is 1. The summed E-state index contributed by atoms with van der Waals surface area (Å²) in [5, 5.41) is 18.7. The fourth-order valence-electron chi connectivity index (χ4n) is 5.36. The highest BCUT2D eigenvalue weighted by Gasteiger charge is 2.57. The van der Waals surface area contributed by atoms with E-state index in [2.05, 4.69) is 0 Å². The lowest BCUT2D eigenvalue weighted by atomic mass is 9.94. The van der Waals surface area contributed by atoms with Crippen molar-refractivity contribution >= 4 is 34.6 Å². The molecule has 0 unspecified atom stereocenters. The number of fused-ring (bicyclic) bond motifs is 1. The third-order valence-electron chi connectivity index (χ3n) is 7.06. The van der Waals surface area contributed by atoms with Gasteiger partial charge in [0.15, 0.2) is 5.11 Å². The first-order valence-electron chi connectivity index (χ1n) is 11.4. The summed E-state index contributed by atoms with van der Waals surface area (Å²) in [7, 11) is 0. The molecule has 35 heavy (non-hydrogen) atoms. The van der Waals surface area contributed by atoms with Gasteiger partial charge in [-0.3, -0.25) is 9.69 Å². The molecule has 1 atom stereocenters. The summed E-state index contributed by atoms with van der Waals surface area (Å²) < 4.78 is 46.7. The van der Waals surface area contributed by atoms with Crippen molar-refractivity contribution in [2.45, 2.75) is 56.3 Å². The lowest BCUT2D eigenvalue weighted by Crippen LogP contribution is -2.47. The molecule has 2 fully saturated rings. The zero-order valence-corrected chi connectivity index (χ0v) is 19.5. The first kappa shape index (κ1) is 23.6. The fourth-order valence-corrected chi connectivity index (χ4v) is 5.83. The molecule has 0 radical (unpaired) electrons. The molecule has 0 bridgehead atoms. The molecule has 1 amide bonds. The Kier molecular flexibility index (Phi) is 5.73. The number of aliphatic hydroxyl groups is 1. The molecular formula is C25H22F3N3O3S. The second-order valence-corrected chi connectivity index (χ2v) is 9.45. The van der Waals surface area contributed by atoms with E-state index < -0.39 is 22.8 Å². The molecule has 3 aliphatic rings. The van der Waals surface area contributed by atoms with E-state index in [0.29, 0.717) is 37.1 Å². The third-order valence-corrected chi connectivity index (χ3v) is 7.43. The molecule has 1 spiro atoms. The number of nitriles is 1. The summed E-state index contributed by atoms with van der Waals surface area (Å²) in [5.41, 5.74) is -0.986. The molecule has 1 N–H and O–H groups in total. The van der Waals surface area contributed by atoms with Gasteiger partial charge in [-0.2, -0.15) is 18.4 Å². The maximum absolute atomic E-state index is 13.8. The van der Waals surface area contributed by atoms with Crippen LogP contribution in [0.25, 0.3) is 0 Å². The summed E-state index contributed by atoms with van der Waals surface area (Å²) in [6, 6.07) is 10.3. The minimum absolute atomic E-state index is 0.00724. The number of amides is 1. The van der Waals surface area contributed by atoms with Gasteiger partial charge in [0.1, 0.15) is 17.4 Å². The van der Waals surface area contributed by atoms with Crippen LogP contribution in [0.2, 0.25) is 0 Å². The minimum atomic E-state index is -4.75. The van der Waals surface area contributed by atoms with Crippen molar-refractivity contribution in [2.24, 2.45) is 0 Å². The van der Waals surface area contributed by atoms with E-state index >= 15 is 0 Å². The SMILES string of the molecule is N#Cc1ccc(N2C(=O)C3(CCCC3)N(c3ccc4c(c3)CC[C@@H](CO)O4)C2=S)cc1C(F)(F)F. The number of carbonyl (C=O) groups excluding carboxylic acids is 1. The predicted octanol–water partition coefficient (Wildman–Crippen LogP) is 4.71. The summed E-state index contributed by atoms with van der Waals surface area (Å²) in [4.78, 5) is 16.8. The Labute approximate surface area is 205 Å². The van der Waals surface area contributed by atoms with Crippen LogP contribution in [0.5, 0.6) is 5.75 Å². The number of anilines is 2. The Morgan fingerprint density at radius 3 is 2.54 bits per heavy atom. The molecule has 182 valence electrons. The van der Waals surface area contributed by atoms with Gasteiger partial charge in [-0.25, -0.2) is 0 Å². The predicted molar refractivity (Wildman–Crippen MR) is 126 cm³/mol. The minimum Gasteiger partial charge on any atom is -0.488 e. The number of carbonyl (C=O) groups is 1. The largest absolute Gasteiger partial charge is 0.488 e. The van der Waals surface area contributed by atoms with E-state index in [1.165, 1.54) is 11.0 Å². The molecule has 5 rings (SSSR count). The van der Waals surface area contributed by atoms with Crippen LogP contribution in [0.1, 0.15) is 48.8 Å². The van der Waals surface area contributed by atoms with Gasteiger partial charge in [0.2, 0.25) is 0 Å². The van der Waals surface area contributed by atoms with Crippen molar-refractivity contribution in [2.75, 3.05) is 16.4 Å². The van der Waals surface area contributed by atoms with Gasteiger partial charge in [-0.1, -0.05) is 12.8 Å². The van der Waals surface area contributed by atoms with Gasteiger partial charge in [0.25, 0.3) is 5.91 Å². The summed E-state index contributed by atoms with van der Waals surface area (Å²) in [5.74, 6) is 0.307. The molecule has 2 heterocycles. The van der Waals surface area contributed by atoms with E-state index in [-0.39, 0.29) is 29.4 Å². The number of halogens is 3. The Hall–Kier alpha value is -3.16. The number of ether oxygens (including phenoxy) is 1. The van der Waals surface area contributed by atoms with E-state index in [0.717, 1.165) is 30.5 Å². The number of benzene rings is 2. The van der Waals surface area contributed by atoms with E-state index in [1.54, 1.807) is 23.1 Å². The first-order chi connectivity index (χ1) is 16.7. The second-order valence-electron chi connectivity index (χ2n) is 9.09. The van der Waals surface area contributed by atoms with Crippen molar-refractivity contribution in [3.8, 4) is 11.8 Å². The second kappa shape index (κ2) is 8.50. The average molecular weight is 502 g/mol. The number of rotatable bonds is 3. The van der Waals surface area contributed by atoms with Crippen LogP contribution in [-0.4, -0.2) is 34.4 Å². The fraction of sp³-hybridized carbons (Fsp3) is 0.400. The number of hydrogen-bond acceptors (Lipinski definition) is 5. The highest BCUT2D eigenvalue weighted by atomic mass is 32.1. The Morgan fingerprint density at radius 2 is 1.89 bits per heavy atom. The Balaban J connectivity index is 1.58. The standard InChI is InChI=1S/C25H22F3N3O3S/c26-25(27,28)20-12-17(5-3-16(20)13-29)30-22(33)24(9-1-2-10-24)31(23(30)35)18-6-8-21-15(11-18)4-7-19(14-32)34-21/h3,5-6,8,11-12,19,32H,1-2,4,7,9-10,14H2/t19-/m0/s1. The van der Waals surface area contributed by atoms with Crippen LogP contribution in [0.4, 0.5) is 24.5 Å². The van der Waals surface area contributed by atoms with Crippen molar-refractivity contribution in [3.05, 3.63) is 53.1 Å². The molecule has 0 aromatic heterocycles. The van der Waals surface area contributed by atoms with Crippen molar-refractivity contribution in [1.29, 1.82) is 5.26 Å². The number of aryl methyl sites for hydroxylation is 1. The topological polar surface area (TPSA) is 76.8 Å². The lowest BCUT2D eigenvalue weighted by molar-refractivity contribution is -0.137. The Bertz CT molecular complexity index is 1250. The van der Waals surface area contributed by atoms with E-state index in [9.17, 15) is 23.1 Å². The highest BCUT2D eigenvalue weighted by Crippen LogP contribution is 2.47. The van der Waals surface area contributed by atoms with Gasteiger partial charge in [-0.15, -0.1) is 0 Å². The maximum atomic E-state index is 13.8. The number of hydrogen-bond donors (Lipinski definition) is 1. The van der Waals surface area contributed by atoms with Crippen LogP contribution < -0.4 is 14.5 Å². The molecular weight excluding hydrogens is 479 g/mol. The van der Waals surface area contributed by atoms with E-state index in [1.807, 2.05) is 6.07 Å². The first-order valence-corrected chi connectivity index (χ1v) is 11.8. The molecule has 10 heteroatoms. The van der Waals surface area contributed by atoms with Gasteiger partial charge in [-0.05, 0) is 79.9 Å². The molecule has 1 saturated heterocycles.